The SMILES string of the molecule is CCCCCCCCN(N)C(=O)OC(=O)C(=O)OC(=O)N(N)CCCCCCCC. The maximum atomic E-state index is 11.7. The Kier molecular flexibility index (Phi) is 16.3. The van der Waals surface area contributed by atoms with E-state index in [0.29, 0.717) is 22.9 Å². The number of carbonyl (C=O) groups excluding carboxylic acids is 4. The molecule has 10 heteroatoms. The van der Waals surface area contributed by atoms with E-state index in [-0.39, 0.29) is 13.1 Å². The zero-order valence-electron chi connectivity index (χ0n) is 18.4. The number of amides is 2. The highest BCUT2D eigenvalue weighted by Gasteiger charge is 2.27. The summed E-state index contributed by atoms with van der Waals surface area (Å²) < 4.78 is 8.65. The molecule has 0 aliphatic carbocycles. The van der Waals surface area contributed by atoms with E-state index >= 15 is 0 Å². The maximum absolute atomic E-state index is 11.7. The Bertz CT molecular complexity index is 483. The molecule has 0 rings (SSSR count). The van der Waals surface area contributed by atoms with Gasteiger partial charge in [-0.2, -0.15) is 0 Å². The van der Waals surface area contributed by atoms with Crippen LogP contribution in [0.4, 0.5) is 9.59 Å². The quantitative estimate of drug-likeness (QED) is 0.0811. The van der Waals surface area contributed by atoms with Gasteiger partial charge in [-0.3, -0.25) is 0 Å². The lowest BCUT2D eigenvalue weighted by Gasteiger charge is -2.16. The molecule has 0 aliphatic heterocycles. The molecule has 0 bridgehead atoms. The molecule has 0 aliphatic rings. The van der Waals surface area contributed by atoms with Crippen molar-refractivity contribution in [1.82, 2.24) is 10.0 Å². The molecule has 0 atom stereocenters. The van der Waals surface area contributed by atoms with Gasteiger partial charge in [-0.05, 0) is 12.8 Å². The van der Waals surface area contributed by atoms with E-state index in [1.807, 2.05) is 0 Å². The van der Waals surface area contributed by atoms with Gasteiger partial charge >= 0.3 is 24.1 Å². The second-order valence-electron chi connectivity index (χ2n) is 7.23. The first kappa shape index (κ1) is 27.8. The number of rotatable bonds is 14. The molecule has 174 valence electrons. The number of hydrazine groups is 2. The first-order valence-corrected chi connectivity index (χ1v) is 10.9. The molecule has 0 aromatic carbocycles. The third kappa shape index (κ3) is 13.9. The van der Waals surface area contributed by atoms with E-state index in [9.17, 15) is 19.2 Å². The van der Waals surface area contributed by atoms with Crippen LogP contribution in [-0.2, 0) is 19.1 Å². The van der Waals surface area contributed by atoms with Crippen molar-refractivity contribution in [2.75, 3.05) is 13.1 Å². The van der Waals surface area contributed by atoms with Gasteiger partial charge in [0.05, 0.1) is 0 Å². The minimum absolute atomic E-state index is 0.182. The van der Waals surface area contributed by atoms with Crippen LogP contribution in [0.15, 0.2) is 0 Å². The van der Waals surface area contributed by atoms with Crippen LogP contribution in [0.5, 0.6) is 0 Å². The highest BCUT2D eigenvalue weighted by atomic mass is 16.7. The summed E-state index contributed by atoms with van der Waals surface area (Å²) in [6.45, 7) is 4.60. The summed E-state index contributed by atoms with van der Waals surface area (Å²) in [5, 5.41) is 1.42. The molecule has 0 aromatic heterocycles. The van der Waals surface area contributed by atoms with Crippen molar-refractivity contribution < 1.29 is 28.7 Å². The Hall–Kier alpha value is -2.20. The second-order valence-corrected chi connectivity index (χ2v) is 7.23. The molecule has 30 heavy (non-hydrogen) atoms. The van der Waals surface area contributed by atoms with Crippen molar-refractivity contribution >= 4 is 24.1 Å². The van der Waals surface area contributed by atoms with Crippen molar-refractivity contribution in [3.8, 4) is 0 Å². The van der Waals surface area contributed by atoms with Gasteiger partial charge in [-0.1, -0.05) is 78.1 Å². The zero-order valence-corrected chi connectivity index (χ0v) is 18.4. The highest BCUT2D eigenvalue weighted by molar-refractivity contribution is 6.33. The third-order valence-corrected chi connectivity index (χ3v) is 4.50. The molecule has 0 saturated carbocycles. The van der Waals surface area contributed by atoms with Crippen LogP contribution in [0.1, 0.15) is 90.9 Å². The Morgan fingerprint density at radius 2 is 0.867 bits per heavy atom. The lowest BCUT2D eigenvalue weighted by atomic mass is 10.1. The number of nitrogens with two attached hydrogens (primary N) is 2. The smallest absolute Gasteiger partial charge is 0.366 e. The largest absolute Gasteiger partial charge is 0.432 e. The van der Waals surface area contributed by atoms with E-state index in [2.05, 4.69) is 23.3 Å². The Balaban J connectivity index is 4.07. The van der Waals surface area contributed by atoms with Crippen LogP contribution in [0, 0.1) is 0 Å². The summed E-state index contributed by atoms with van der Waals surface area (Å²) in [6, 6.07) is 0. The molecular formula is C20H38N4O6. The molecule has 0 unspecified atom stereocenters. The third-order valence-electron chi connectivity index (χ3n) is 4.50. The number of carbonyl (C=O) groups is 4. The number of unbranched alkanes of at least 4 members (excludes halogenated alkanes) is 10. The average molecular weight is 431 g/mol. The summed E-state index contributed by atoms with van der Waals surface area (Å²) in [7, 11) is 0. The first-order valence-electron chi connectivity index (χ1n) is 10.9. The predicted molar refractivity (Wildman–Crippen MR) is 112 cm³/mol. The van der Waals surface area contributed by atoms with Crippen LogP contribution in [0.2, 0.25) is 0 Å². The van der Waals surface area contributed by atoms with Crippen LogP contribution in [0.25, 0.3) is 0 Å². The molecular weight excluding hydrogens is 392 g/mol. The average Bonchev–Trinajstić information content (AvgIpc) is 2.72. The van der Waals surface area contributed by atoms with E-state index in [1.165, 1.54) is 0 Å². The minimum Gasteiger partial charge on any atom is -0.366 e. The van der Waals surface area contributed by atoms with Crippen molar-refractivity contribution in [3.05, 3.63) is 0 Å². The lowest BCUT2D eigenvalue weighted by molar-refractivity contribution is -0.161. The van der Waals surface area contributed by atoms with Gasteiger partial charge in [0.1, 0.15) is 0 Å². The Labute approximate surface area is 179 Å². The fraction of sp³-hybridized carbons (Fsp3) is 0.800. The van der Waals surface area contributed by atoms with E-state index in [0.717, 1.165) is 64.2 Å². The molecule has 2 amide bonds. The number of hydrogen-bond acceptors (Lipinski definition) is 8. The molecule has 0 radical (unpaired) electrons. The van der Waals surface area contributed by atoms with Gasteiger partial charge in [0, 0.05) is 13.1 Å². The molecule has 0 spiro atoms. The summed E-state index contributed by atoms with van der Waals surface area (Å²) in [6.07, 6.45) is 9.55. The fourth-order valence-electron chi connectivity index (χ4n) is 2.67. The maximum Gasteiger partial charge on any atom is 0.432 e. The zero-order chi connectivity index (χ0) is 22.8. The molecule has 0 aromatic rings. The second kappa shape index (κ2) is 17.6. The van der Waals surface area contributed by atoms with Crippen LogP contribution < -0.4 is 11.7 Å². The van der Waals surface area contributed by atoms with Crippen molar-refractivity contribution in [3.63, 3.8) is 0 Å². The van der Waals surface area contributed by atoms with Gasteiger partial charge in [0.15, 0.2) is 0 Å². The van der Waals surface area contributed by atoms with Crippen molar-refractivity contribution in [2.24, 2.45) is 11.7 Å². The normalized spacial score (nSPS) is 10.4. The van der Waals surface area contributed by atoms with E-state index in [4.69, 9.17) is 11.7 Å². The van der Waals surface area contributed by atoms with Crippen LogP contribution in [0.3, 0.4) is 0 Å². The Morgan fingerprint density at radius 3 is 1.20 bits per heavy atom. The summed E-state index contributed by atoms with van der Waals surface area (Å²) >= 11 is 0. The van der Waals surface area contributed by atoms with Gasteiger partial charge in [-0.15, -0.1) is 0 Å². The number of nitrogens with zero attached hydrogens (tertiary/aromatic N) is 2. The van der Waals surface area contributed by atoms with Gasteiger partial charge < -0.3 is 9.47 Å². The topological polar surface area (TPSA) is 145 Å². The van der Waals surface area contributed by atoms with Crippen molar-refractivity contribution in [2.45, 2.75) is 90.9 Å². The number of hydrogen-bond donors (Lipinski definition) is 2. The van der Waals surface area contributed by atoms with Crippen molar-refractivity contribution in [1.29, 1.82) is 0 Å². The monoisotopic (exact) mass is 430 g/mol. The van der Waals surface area contributed by atoms with Crippen LogP contribution in [-0.4, -0.2) is 47.2 Å². The number of ether oxygens (including phenoxy) is 2. The number of esters is 2. The molecule has 0 heterocycles. The molecule has 4 N–H and O–H groups in total. The van der Waals surface area contributed by atoms with Crippen LogP contribution >= 0.6 is 0 Å². The van der Waals surface area contributed by atoms with Gasteiger partial charge in [-0.25, -0.2) is 40.9 Å². The lowest BCUT2D eigenvalue weighted by Crippen LogP contribution is -2.43. The standard InChI is InChI=1S/C20H38N4O6/c1-3-5-7-9-11-13-15-23(21)19(27)29-17(25)18(26)30-20(28)24(22)16-14-12-10-8-6-4-2/h3-16,21-22H2,1-2H3. The predicted octanol–water partition coefficient (Wildman–Crippen LogP) is 3.39. The minimum atomic E-state index is -1.63. The molecule has 10 nitrogen and oxygen atoms in total. The summed E-state index contributed by atoms with van der Waals surface area (Å²) in [5.41, 5.74) is 0. The fourth-order valence-corrected chi connectivity index (χ4v) is 2.67. The molecule has 0 saturated heterocycles. The molecule has 0 fully saturated rings. The summed E-state index contributed by atoms with van der Waals surface area (Å²) in [4.78, 5) is 46.7. The first-order chi connectivity index (χ1) is 14.3. The highest BCUT2D eigenvalue weighted by Crippen LogP contribution is 2.06. The van der Waals surface area contributed by atoms with E-state index in [1.54, 1.807) is 0 Å². The van der Waals surface area contributed by atoms with E-state index < -0.39 is 24.1 Å². The Morgan fingerprint density at radius 1 is 0.567 bits per heavy atom. The van der Waals surface area contributed by atoms with Gasteiger partial charge in [0.2, 0.25) is 0 Å². The van der Waals surface area contributed by atoms with Gasteiger partial charge in [0.25, 0.3) is 0 Å². The summed E-state index contributed by atoms with van der Waals surface area (Å²) in [5.74, 6) is 7.78.